The number of aliphatic carboxylic acids is 1. The van der Waals surface area contributed by atoms with Crippen LogP contribution in [0.3, 0.4) is 0 Å². The zero-order valence-corrected chi connectivity index (χ0v) is 7.24. The van der Waals surface area contributed by atoms with Crippen molar-refractivity contribution in [3.8, 4) is 0 Å². The Morgan fingerprint density at radius 2 is 2.17 bits per heavy atom. The van der Waals surface area contributed by atoms with Crippen molar-refractivity contribution in [2.75, 3.05) is 11.5 Å². The Labute approximate surface area is 73.3 Å². The van der Waals surface area contributed by atoms with E-state index in [9.17, 15) is 13.6 Å². The van der Waals surface area contributed by atoms with E-state index in [2.05, 4.69) is 0 Å². The normalized spacial score (nSPS) is 29.3. The molecule has 70 valence electrons. The zero-order chi connectivity index (χ0) is 9.19. The lowest BCUT2D eigenvalue weighted by atomic mass is 9.97. The van der Waals surface area contributed by atoms with Crippen LogP contribution in [0.5, 0.6) is 0 Å². The van der Waals surface area contributed by atoms with Gasteiger partial charge in [0.25, 0.3) is 5.92 Å². The Morgan fingerprint density at radius 1 is 1.50 bits per heavy atom. The fraction of sp³-hybridized carbons (Fsp3) is 0.857. The standard InChI is InChI=1S/C7H10F2O2S/c8-7(9)2-4-12-3-1-5(7)6(10)11/h5H,1-4H2,(H,10,11). The summed E-state index contributed by atoms with van der Waals surface area (Å²) in [5.74, 6) is -4.99. The third-order valence-corrected chi connectivity index (χ3v) is 2.96. The molecule has 0 aliphatic carbocycles. The Hall–Kier alpha value is -0.320. The lowest BCUT2D eigenvalue weighted by molar-refractivity contribution is -0.157. The van der Waals surface area contributed by atoms with Gasteiger partial charge in [-0.1, -0.05) is 0 Å². The summed E-state index contributed by atoms with van der Waals surface area (Å²) in [6.45, 7) is 0. The highest BCUT2D eigenvalue weighted by Gasteiger charge is 2.44. The van der Waals surface area contributed by atoms with Gasteiger partial charge in [0.1, 0.15) is 5.92 Å². The highest BCUT2D eigenvalue weighted by Crippen LogP contribution is 2.36. The van der Waals surface area contributed by atoms with E-state index in [-0.39, 0.29) is 12.8 Å². The summed E-state index contributed by atoms with van der Waals surface area (Å²) in [7, 11) is 0. The molecular weight excluding hydrogens is 186 g/mol. The fourth-order valence-electron chi connectivity index (χ4n) is 1.20. The van der Waals surface area contributed by atoms with Crippen molar-refractivity contribution in [1.82, 2.24) is 0 Å². The van der Waals surface area contributed by atoms with Gasteiger partial charge in [-0.2, -0.15) is 11.8 Å². The minimum atomic E-state index is -3.02. The van der Waals surface area contributed by atoms with Crippen molar-refractivity contribution in [1.29, 1.82) is 0 Å². The minimum absolute atomic E-state index is 0.0764. The quantitative estimate of drug-likeness (QED) is 0.695. The van der Waals surface area contributed by atoms with E-state index in [0.29, 0.717) is 11.5 Å². The molecule has 1 saturated heterocycles. The molecule has 1 rings (SSSR count). The van der Waals surface area contributed by atoms with Gasteiger partial charge in [0, 0.05) is 6.42 Å². The Morgan fingerprint density at radius 3 is 2.75 bits per heavy atom. The van der Waals surface area contributed by atoms with Gasteiger partial charge in [-0.3, -0.25) is 4.79 Å². The van der Waals surface area contributed by atoms with Gasteiger partial charge < -0.3 is 5.11 Å². The van der Waals surface area contributed by atoms with Crippen LogP contribution in [0.15, 0.2) is 0 Å². The van der Waals surface area contributed by atoms with Crippen molar-refractivity contribution in [2.24, 2.45) is 5.92 Å². The molecule has 5 heteroatoms. The fourth-order valence-corrected chi connectivity index (χ4v) is 2.22. The largest absolute Gasteiger partial charge is 0.481 e. The maximum absolute atomic E-state index is 13.0. The van der Waals surface area contributed by atoms with Crippen molar-refractivity contribution in [2.45, 2.75) is 18.8 Å². The van der Waals surface area contributed by atoms with E-state index in [1.54, 1.807) is 0 Å². The number of carbonyl (C=O) groups is 1. The molecule has 12 heavy (non-hydrogen) atoms. The van der Waals surface area contributed by atoms with Gasteiger partial charge in [0.2, 0.25) is 0 Å². The zero-order valence-electron chi connectivity index (χ0n) is 6.43. The van der Waals surface area contributed by atoms with E-state index in [1.165, 1.54) is 11.8 Å². The summed E-state index contributed by atoms with van der Waals surface area (Å²) in [4.78, 5) is 10.4. The smallest absolute Gasteiger partial charge is 0.312 e. The molecule has 1 unspecified atom stereocenters. The Bertz CT molecular complexity index is 184. The SMILES string of the molecule is O=C(O)C1CCSCCC1(F)F. The average molecular weight is 196 g/mol. The van der Waals surface area contributed by atoms with Crippen molar-refractivity contribution >= 4 is 17.7 Å². The molecule has 0 aromatic rings. The monoisotopic (exact) mass is 196 g/mol. The predicted molar refractivity (Wildman–Crippen MR) is 42.6 cm³/mol. The van der Waals surface area contributed by atoms with Crippen LogP contribution in [0.2, 0.25) is 0 Å². The first-order valence-electron chi connectivity index (χ1n) is 3.72. The van der Waals surface area contributed by atoms with Crippen LogP contribution in [-0.2, 0) is 4.79 Å². The molecule has 0 saturated carbocycles. The van der Waals surface area contributed by atoms with Gasteiger partial charge in [-0.15, -0.1) is 0 Å². The molecule has 1 heterocycles. The van der Waals surface area contributed by atoms with Crippen LogP contribution in [0.1, 0.15) is 12.8 Å². The van der Waals surface area contributed by atoms with Crippen molar-refractivity contribution in [3.63, 3.8) is 0 Å². The summed E-state index contributed by atoms with van der Waals surface area (Å²) >= 11 is 1.40. The first-order valence-corrected chi connectivity index (χ1v) is 4.88. The van der Waals surface area contributed by atoms with Crippen molar-refractivity contribution in [3.05, 3.63) is 0 Å². The van der Waals surface area contributed by atoms with E-state index < -0.39 is 17.8 Å². The molecule has 1 N–H and O–H groups in total. The number of rotatable bonds is 1. The molecule has 0 spiro atoms. The predicted octanol–water partition coefficient (Wildman–Crippen LogP) is 1.85. The Kier molecular flexibility index (Phi) is 2.93. The summed E-state index contributed by atoms with van der Waals surface area (Å²) < 4.78 is 26.0. The number of hydrogen-bond acceptors (Lipinski definition) is 2. The molecule has 1 atom stereocenters. The summed E-state index contributed by atoms with van der Waals surface area (Å²) in [5.41, 5.74) is 0. The van der Waals surface area contributed by atoms with Crippen LogP contribution in [-0.4, -0.2) is 28.5 Å². The van der Waals surface area contributed by atoms with Gasteiger partial charge in [-0.25, -0.2) is 8.78 Å². The van der Waals surface area contributed by atoms with E-state index in [0.717, 1.165) is 0 Å². The average Bonchev–Trinajstić information content (AvgIpc) is 2.09. The Balaban J connectivity index is 2.71. The molecule has 0 bridgehead atoms. The molecule has 1 aliphatic rings. The van der Waals surface area contributed by atoms with Crippen LogP contribution in [0.25, 0.3) is 0 Å². The van der Waals surface area contributed by atoms with Crippen LogP contribution in [0.4, 0.5) is 8.78 Å². The molecule has 1 fully saturated rings. The van der Waals surface area contributed by atoms with Gasteiger partial charge in [-0.05, 0) is 17.9 Å². The second-order valence-corrected chi connectivity index (χ2v) is 4.03. The molecule has 0 aromatic carbocycles. The summed E-state index contributed by atoms with van der Waals surface area (Å²) in [6.07, 6.45) is -0.234. The number of carboxylic acid groups (broad SMARTS) is 1. The molecular formula is C7H10F2O2S. The molecule has 1 aliphatic heterocycles. The van der Waals surface area contributed by atoms with Crippen LogP contribution < -0.4 is 0 Å². The van der Waals surface area contributed by atoms with Crippen molar-refractivity contribution < 1.29 is 18.7 Å². The third kappa shape index (κ3) is 2.09. The highest BCUT2D eigenvalue weighted by atomic mass is 32.2. The molecule has 0 radical (unpaired) electrons. The van der Waals surface area contributed by atoms with Gasteiger partial charge in [0.05, 0.1) is 0 Å². The van der Waals surface area contributed by atoms with E-state index in [1.807, 2.05) is 0 Å². The second-order valence-electron chi connectivity index (χ2n) is 2.80. The van der Waals surface area contributed by atoms with Crippen LogP contribution in [0, 0.1) is 5.92 Å². The number of alkyl halides is 2. The van der Waals surface area contributed by atoms with Gasteiger partial charge in [0.15, 0.2) is 0 Å². The van der Waals surface area contributed by atoms with Gasteiger partial charge >= 0.3 is 5.97 Å². The maximum Gasteiger partial charge on any atom is 0.312 e. The number of thioether (sulfide) groups is 1. The maximum atomic E-state index is 13.0. The lowest BCUT2D eigenvalue weighted by Gasteiger charge is -2.19. The molecule has 0 aromatic heterocycles. The van der Waals surface area contributed by atoms with Crippen LogP contribution >= 0.6 is 11.8 Å². The summed E-state index contributed by atoms with van der Waals surface area (Å²) in [6, 6.07) is 0. The van der Waals surface area contributed by atoms with E-state index >= 15 is 0 Å². The number of hydrogen-bond donors (Lipinski definition) is 1. The van der Waals surface area contributed by atoms with E-state index in [4.69, 9.17) is 5.11 Å². The summed E-state index contributed by atoms with van der Waals surface area (Å²) in [5, 5.41) is 8.51. The number of halogens is 2. The minimum Gasteiger partial charge on any atom is -0.481 e. The first-order chi connectivity index (χ1) is 5.54. The number of carboxylic acids is 1. The topological polar surface area (TPSA) is 37.3 Å². The molecule has 0 amide bonds. The lowest BCUT2D eigenvalue weighted by Crippen LogP contribution is -2.34. The molecule has 2 nitrogen and oxygen atoms in total. The second kappa shape index (κ2) is 3.60. The highest BCUT2D eigenvalue weighted by molar-refractivity contribution is 7.99. The first kappa shape index (κ1) is 9.77. The third-order valence-electron chi connectivity index (χ3n) is 1.94.